The van der Waals surface area contributed by atoms with E-state index in [1.165, 1.54) is 0 Å². The molecule has 3 nitrogen and oxygen atoms in total. The molecule has 1 saturated heterocycles. The van der Waals surface area contributed by atoms with Crippen molar-refractivity contribution in [3.05, 3.63) is 9.98 Å². The Labute approximate surface area is 83.2 Å². The third-order valence-electron chi connectivity index (χ3n) is 1.95. The molecule has 0 aromatic carbocycles. The highest BCUT2D eigenvalue weighted by Crippen LogP contribution is 2.30. The molecule has 0 radical (unpaired) electrons. The standard InChI is InChI=1S/C7H9BrN2OS/c8-6-1-9-7(12-6)10-2-5(3-10)4-11/h1,5,11H,2-4H2. The van der Waals surface area contributed by atoms with Gasteiger partial charge in [0.15, 0.2) is 5.13 Å². The van der Waals surface area contributed by atoms with Crippen LogP contribution in [0.2, 0.25) is 0 Å². The number of rotatable bonds is 2. The molecule has 0 saturated carbocycles. The number of thiazole rings is 1. The van der Waals surface area contributed by atoms with Crippen molar-refractivity contribution in [3.63, 3.8) is 0 Å². The molecule has 1 aromatic heterocycles. The highest BCUT2D eigenvalue weighted by atomic mass is 79.9. The Hall–Kier alpha value is -0.130. The number of hydrogen-bond acceptors (Lipinski definition) is 4. The van der Waals surface area contributed by atoms with E-state index in [1.54, 1.807) is 11.3 Å². The highest BCUT2D eigenvalue weighted by Gasteiger charge is 2.27. The first-order chi connectivity index (χ1) is 5.79. The van der Waals surface area contributed by atoms with Gasteiger partial charge in [0.2, 0.25) is 0 Å². The van der Waals surface area contributed by atoms with E-state index >= 15 is 0 Å². The van der Waals surface area contributed by atoms with Gasteiger partial charge in [-0.3, -0.25) is 0 Å². The zero-order valence-corrected chi connectivity index (χ0v) is 8.81. The van der Waals surface area contributed by atoms with Crippen molar-refractivity contribution in [2.24, 2.45) is 5.92 Å². The average Bonchev–Trinajstić information content (AvgIpc) is 2.34. The van der Waals surface area contributed by atoms with Gasteiger partial charge in [-0.25, -0.2) is 4.98 Å². The Bertz CT molecular complexity index is 272. The molecule has 0 aliphatic carbocycles. The molecule has 0 bridgehead atoms. The van der Waals surface area contributed by atoms with Crippen molar-refractivity contribution in [1.29, 1.82) is 0 Å². The van der Waals surface area contributed by atoms with Crippen molar-refractivity contribution in [2.75, 3.05) is 24.6 Å². The molecular weight excluding hydrogens is 240 g/mol. The second-order valence-electron chi connectivity index (χ2n) is 2.90. The van der Waals surface area contributed by atoms with Crippen LogP contribution in [0.1, 0.15) is 0 Å². The average molecular weight is 249 g/mol. The largest absolute Gasteiger partial charge is 0.396 e. The maximum absolute atomic E-state index is 8.80. The minimum Gasteiger partial charge on any atom is -0.396 e. The first-order valence-electron chi connectivity index (χ1n) is 3.76. The molecule has 1 aromatic rings. The molecule has 1 aliphatic heterocycles. The molecule has 0 spiro atoms. The van der Waals surface area contributed by atoms with Crippen LogP contribution in [0.3, 0.4) is 0 Å². The summed E-state index contributed by atoms with van der Waals surface area (Å²) in [5.74, 6) is 0.452. The van der Waals surface area contributed by atoms with Gasteiger partial charge in [-0.1, -0.05) is 11.3 Å². The number of aliphatic hydroxyl groups excluding tert-OH is 1. The predicted molar refractivity (Wildman–Crippen MR) is 52.6 cm³/mol. The third kappa shape index (κ3) is 1.48. The second-order valence-corrected chi connectivity index (χ2v) is 5.29. The molecular formula is C7H9BrN2OS. The molecule has 1 aliphatic rings. The summed E-state index contributed by atoms with van der Waals surface area (Å²) >= 11 is 5.00. The number of aliphatic hydroxyl groups is 1. The zero-order chi connectivity index (χ0) is 8.55. The Kier molecular flexibility index (Phi) is 2.34. The van der Waals surface area contributed by atoms with Gasteiger partial charge in [-0.15, -0.1) is 0 Å². The van der Waals surface area contributed by atoms with Crippen LogP contribution in [0.25, 0.3) is 0 Å². The van der Waals surface area contributed by atoms with Gasteiger partial charge >= 0.3 is 0 Å². The fraction of sp³-hybridized carbons (Fsp3) is 0.571. The van der Waals surface area contributed by atoms with Crippen molar-refractivity contribution >= 4 is 32.4 Å². The summed E-state index contributed by atoms with van der Waals surface area (Å²) in [6.07, 6.45) is 1.81. The van der Waals surface area contributed by atoms with E-state index in [2.05, 4.69) is 25.8 Å². The highest BCUT2D eigenvalue weighted by molar-refractivity contribution is 9.11. The molecule has 1 N–H and O–H groups in total. The molecule has 12 heavy (non-hydrogen) atoms. The maximum Gasteiger partial charge on any atom is 0.186 e. The summed E-state index contributed by atoms with van der Waals surface area (Å²) in [6.45, 7) is 2.18. The number of halogens is 1. The molecule has 66 valence electrons. The molecule has 2 rings (SSSR count). The predicted octanol–water partition coefficient (Wildman–Crippen LogP) is 1.33. The van der Waals surface area contributed by atoms with Crippen LogP contribution in [0.4, 0.5) is 5.13 Å². The normalized spacial score (nSPS) is 18.0. The number of nitrogens with zero attached hydrogens (tertiary/aromatic N) is 2. The quantitative estimate of drug-likeness (QED) is 0.859. The van der Waals surface area contributed by atoms with Gasteiger partial charge in [-0.05, 0) is 15.9 Å². The fourth-order valence-electron chi connectivity index (χ4n) is 1.23. The maximum atomic E-state index is 8.80. The van der Waals surface area contributed by atoms with E-state index in [0.717, 1.165) is 22.0 Å². The van der Waals surface area contributed by atoms with Crippen molar-refractivity contribution in [3.8, 4) is 0 Å². The van der Waals surface area contributed by atoms with Gasteiger partial charge in [-0.2, -0.15) is 0 Å². The number of anilines is 1. The number of aromatic nitrogens is 1. The SMILES string of the molecule is OCC1CN(c2ncc(Br)s2)C1. The van der Waals surface area contributed by atoms with E-state index in [-0.39, 0.29) is 0 Å². The van der Waals surface area contributed by atoms with Gasteiger partial charge in [0.1, 0.15) is 0 Å². The van der Waals surface area contributed by atoms with Crippen LogP contribution in [0, 0.1) is 5.92 Å². The van der Waals surface area contributed by atoms with Crippen LogP contribution < -0.4 is 4.90 Å². The lowest BCUT2D eigenvalue weighted by molar-refractivity contribution is 0.200. The molecule has 1 fully saturated rings. The van der Waals surface area contributed by atoms with Gasteiger partial charge in [0.25, 0.3) is 0 Å². The second kappa shape index (κ2) is 3.32. The minimum absolute atomic E-state index is 0.295. The van der Waals surface area contributed by atoms with Crippen molar-refractivity contribution in [2.45, 2.75) is 0 Å². The van der Waals surface area contributed by atoms with Crippen LogP contribution in [0.15, 0.2) is 9.98 Å². The van der Waals surface area contributed by atoms with Crippen LogP contribution >= 0.6 is 27.3 Å². The summed E-state index contributed by atoms with van der Waals surface area (Å²) in [4.78, 5) is 6.40. The Balaban J connectivity index is 1.96. The minimum atomic E-state index is 0.295. The summed E-state index contributed by atoms with van der Waals surface area (Å²) < 4.78 is 1.06. The van der Waals surface area contributed by atoms with E-state index in [0.29, 0.717) is 12.5 Å². The Morgan fingerprint density at radius 3 is 3.00 bits per heavy atom. The van der Waals surface area contributed by atoms with E-state index < -0.39 is 0 Å². The smallest absolute Gasteiger partial charge is 0.186 e. The molecule has 0 amide bonds. The van der Waals surface area contributed by atoms with E-state index in [1.807, 2.05) is 6.20 Å². The van der Waals surface area contributed by atoms with Gasteiger partial charge < -0.3 is 10.0 Å². The first kappa shape index (κ1) is 8.47. The zero-order valence-electron chi connectivity index (χ0n) is 6.40. The third-order valence-corrected chi connectivity index (χ3v) is 3.49. The Morgan fingerprint density at radius 1 is 1.75 bits per heavy atom. The molecule has 0 atom stereocenters. The lowest BCUT2D eigenvalue weighted by atomic mass is 10.0. The molecule has 2 heterocycles. The summed E-state index contributed by atoms with van der Waals surface area (Å²) in [5.41, 5.74) is 0. The topological polar surface area (TPSA) is 36.4 Å². The lowest BCUT2D eigenvalue weighted by Crippen LogP contribution is -2.48. The van der Waals surface area contributed by atoms with Crippen LogP contribution in [-0.4, -0.2) is 29.8 Å². The summed E-state index contributed by atoms with van der Waals surface area (Å²) in [7, 11) is 0. The lowest BCUT2D eigenvalue weighted by Gasteiger charge is -2.37. The first-order valence-corrected chi connectivity index (χ1v) is 5.37. The monoisotopic (exact) mass is 248 g/mol. The molecule has 0 unspecified atom stereocenters. The van der Waals surface area contributed by atoms with Crippen molar-refractivity contribution in [1.82, 2.24) is 4.98 Å². The fourth-order valence-corrected chi connectivity index (χ4v) is 2.43. The summed E-state index contributed by atoms with van der Waals surface area (Å²) in [5, 5.41) is 9.85. The van der Waals surface area contributed by atoms with Crippen molar-refractivity contribution < 1.29 is 5.11 Å². The van der Waals surface area contributed by atoms with Crippen LogP contribution in [0.5, 0.6) is 0 Å². The number of hydrogen-bond donors (Lipinski definition) is 1. The van der Waals surface area contributed by atoms with E-state index in [4.69, 9.17) is 5.11 Å². The molecule has 5 heteroatoms. The van der Waals surface area contributed by atoms with E-state index in [9.17, 15) is 0 Å². The van der Waals surface area contributed by atoms with Crippen LogP contribution in [-0.2, 0) is 0 Å². The summed E-state index contributed by atoms with van der Waals surface area (Å²) in [6, 6.07) is 0. The van der Waals surface area contributed by atoms with Gasteiger partial charge in [0.05, 0.1) is 9.98 Å². The van der Waals surface area contributed by atoms with Gasteiger partial charge in [0, 0.05) is 25.6 Å². The Morgan fingerprint density at radius 2 is 2.50 bits per heavy atom.